The molecule has 4 aromatic heterocycles. The molecule has 0 bridgehead atoms. The lowest BCUT2D eigenvalue weighted by Gasteiger charge is -2.31. The van der Waals surface area contributed by atoms with Gasteiger partial charge in [0.15, 0.2) is 11.6 Å². The summed E-state index contributed by atoms with van der Waals surface area (Å²) in [5.74, 6) is 5.23. The predicted molar refractivity (Wildman–Crippen MR) is 342 cm³/mol. The molecular formula is C70H70F6N12O4. The largest absolute Gasteiger partial charge is 0.461 e. The molecule has 4 aromatic carbocycles. The number of hydrogen-bond donors (Lipinski definition) is 0. The zero-order chi connectivity index (χ0) is 64.2. The molecule has 6 aliphatic rings. The van der Waals surface area contributed by atoms with E-state index in [1.54, 1.807) is 53.3 Å². The summed E-state index contributed by atoms with van der Waals surface area (Å²) in [6, 6.07) is 20.8. The second-order valence-electron chi connectivity index (χ2n) is 25.0. The summed E-state index contributed by atoms with van der Waals surface area (Å²) in [4.78, 5) is 63.9. The molecule has 6 saturated heterocycles. The van der Waals surface area contributed by atoms with E-state index in [1.807, 2.05) is 60.3 Å². The molecule has 6 atom stereocenters. The first-order valence-electron chi connectivity index (χ1n) is 31.3. The van der Waals surface area contributed by atoms with E-state index in [1.165, 1.54) is 24.4 Å². The van der Waals surface area contributed by atoms with Crippen molar-refractivity contribution in [3.05, 3.63) is 133 Å². The van der Waals surface area contributed by atoms with Crippen LogP contribution in [-0.2, 0) is 9.59 Å². The number of pyridine rings is 2. The average molecular weight is 1260 g/mol. The zero-order valence-corrected chi connectivity index (χ0v) is 51.5. The minimum absolute atomic E-state index is 0.0291. The number of benzene rings is 4. The van der Waals surface area contributed by atoms with Gasteiger partial charge in [0.2, 0.25) is 11.8 Å². The summed E-state index contributed by atoms with van der Waals surface area (Å²) in [5.41, 5.74) is 0.555. The first-order valence-corrected chi connectivity index (χ1v) is 31.3. The Balaban J connectivity index is 0.000000168. The van der Waals surface area contributed by atoms with Crippen molar-refractivity contribution in [2.24, 2.45) is 0 Å². The molecule has 6 aliphatic heterocycles. The first-order chi connectivity index (χ1) is 44.5. The summed E-state index contributed by atoms with van der Waals surface area (Å²) in [7, 11) is 3.69. The maximum absolute atomic E-state index is 16.8. The SMILES string of the molecule is C=CC(=O)N1CC[C@@H](N(C)c2nc(OC[C@@]34CCCN3C[C@H](F)C4)nc3c(F)c(-c4cccc5cccc(C#CC)c45)ncc23)C1.C=CC(=O)N1CC[C@@H](N(C)c2nc(OC[C@@]34CCCN3C[C@H](F)C4)nc3c(F)c(-c4cccc5cccc(C(F)F)c45)ncc23)C1. The summed E-state index contributed by atoms with van der Waals surface area (Å²) in [5, 5.41) is 3.23. The number of fused-ring (bicyclic) bond motifs is 6. The number of aromatic nitrogens is 6. The third-order valence-corrected chi connectivity index (χ3v) is 19.7. The van der Waals surface area contributed by atoms with E-state index in [2.05, 4.69) is 54.7 Å². The number of alkyl halides is 4. The molecule has 0 radical (unpaired) electrons. The molecule has 10 heterocycles. The molecule has 476 valence electrons. The number of anilines is 2. The van der Waals surface area contributed by atoms with E-state index >= 15 is 8.78 Å². The van der Waals surface area contributed by atoms with Crippen LogP contribution in [0.1, 0.15) is 75.8 Å². The molecule has 22 heteroatoms. The molecule has 92 heavy (non-hydrogen) atoms. The maximum atomic E-state index is 16.8. The molecule has 0 aliphatic carbocycles. The van der Waals surface area contributed by atoms with Crippen LogP contribution in [-0.4, -0.2) is 176 Å². The normalized spacial score (nSPS) is 22.8. The van der Waals surface area contributed by atoms with E-state index in [9.17, 15) is 27.2 Å². The Morgan fingerprint density at radius 1 is 0.652 bits per heavy atom. The summed E-state index contributed by atoms with van der Waals surface area (Å²) in [6.45, 7) is 13.7. The Kier molecular flexibility index (Phi) is 17.0. The first kappa shape index (κ1) is 61.9. The van der Waals surface area contributed by atoms with Crippen LogP contribution >= 0.6 is 0 Å². The number of ether oxygens (including phenoxy) is 2. The van der Waals surface area contributed by atoms with Crippen LogP contribution in [0.3, 0.4) is 0 Å². The lowest BCUT2D eigenvalue weighted by Crippen LogP contribution is -2.43. The fourth-order valence-corrected chi connectivity index (χ4v) is 15.0. The van der Waals surface area contributed by atoms with Crippen LogP contribution < -0.4 is 19.3 Å². The van der Waals surface area contributed by atoms with E-state index in [0.717, 1.165) is 55.1 Å². The smallest absolute Gasteiger partial charge is 0.319 e. The van der Waals surface area contributed by atoms with Gasteiger partial charge in [0.05, 0.1) is 21.9 Å². The summed E-state index contributed by atoms with van der Waals surface area (Å²) >= 11 is 0. The van der Waals surface area contributed by atoms with Gasteiger partial charge < -0.3 is 29.1 Å². The summed E-state index contributed by atoms with van der Waals surface area (Å²) < 4.78 is 103. The Morgan fingerprint density at radius 2 is 1.11 bits per heavy atom. The molecule has 14 rings (SSSR count). The summed E-state index contributed by atoms with van der Waals surface area (Å²) in [6.07, 6.45) is 6.64. The third-order valence-electron chi connectivity index (χ3n) is 19.7. The number of likely N-dealkylation sites (tertiary alicyclic amines) is 2. The van der Waals surface area contributed by atoms with Crippen molar-refractivity contribution in [1.29, 1.82) is 0 Å². The quantitative estimate of drug-likeness (QED) is 0.0544. The third kappa shape index (κ3) is 11.3. The van der Waals surface area contributed by atoms with Crippen molar-refractivity contribution < 1.29 is 45.4 Å². The molecule has 0 unspecified atom stereocenters. The Hall–Kier alpha value is -8.94. The van der Waals surface area contributed by atoms with Gasteiger partial charge in [-0.3, -0.25) is 29.4 Å². The standard InChI is InChI=1S/C36H36F2N6O2.C34H34F4N6O2/c1-4-9-23-10-6-11-24-12-7-13-27(30(23)24)32-31(38)33-28(19-39-32)34(42(3)26-14-17-43(21-26)29(45)5-2)41-35(40-33)46-22-36-15-8-16-44(36)20-25(37)18-36;1-3-26(45)43-14-11-22(18-43)42(2)32-25-16-39-29(23-9-4-7-20-8-5-10-24(27(20)23)31(37)38)28(36)30(25)40-33(41-32)46-19-34-12-6-13-44(34)17-21(35)15-34/h5-7,10-13,19,25-26H,2,8,14-18,20-22H2,1,3H3;3-5,7-10,16,21-22,31H,1,6,11-15,17-19H2,2H3/t25-,26-,36+;21-,22-,34+/m11/s1. The zero-order valence-electron chi connectivity index (χ0n) is 51.5. The molecular weight excluding hydrogens is 1190 g/mol. The molecule has 8 aromatic rings. The monoisotopic (exact) mass is 1260 g/mol. The van der Waals surface area contributed by atoms with Crippen LogP contribution in [0.2, 0.25) is 0 Å². The number of likely N-dealkylation sites (N-methyl/N-ethyl adjacent to an activating group) is 2. The number of carbonyl (C=O) groups is 2. The van der Waals surface area contributed by atoms with Crippen molar-refractivity contribution in [3.63, 3.8) is 0 Å². The average Bonchev–Trinajstić information content (AvgIpc) is 1.73. The van der Waals surface area contributed by atoms with Crippen LogP contribution in [0.5, 0.6) is 12.0 Å². The fraction of sp³-hybridized carbons (Fsp3) is 0.400. The lowest BCUT2D eigenvalue weighted by atomic mass is 9.95. The van der Waals surface area contributed by atoms with Crippen molar-refractivity contribution in [2.75, 3.05) is 89.5 Å². The molecule has 0 saturated carbocycles. The van der Waals surface area contributed by atoms with Gasteiger partial charge in [0.1, 0.15) is 59.6 Å². The minimum Gasteiger partial charge on any atom is -0.461 e. The van der Waals surface area contributed by atoms with Crippen LogP contribution in [0.4, 0.5) is 38.0 Å². The van der Waals surface area contributed by atoms with E-state index < -0.39 is 41.5 Å². The van der Waals surface area contributed by atoms with Gasteiger partial charge in [0, 0.05) is 124 Å². The molecule has 16 nitrogen and oxygen atoms in total. The number of nitrogens with zero attached hydrogens (tertiary/aromatic N) is 12. The van der Waals surface area contributed by atoms with Gasteiger partial charge in [-0.15, -0.1) is 5.92 Å². The number of hydrogen-bond acceptors (Lipinski definition) is 14. The Labute approximate surface area is 528 Å². The van der Waals surface area contributed by atoms with E-state index in [-0.39, 0.29) is 88.1 Å². The number of halogens is 6. The van der Waals surface area contributed by atoms with Crippen LogP contribution in [0.15, 0.2) is 111 Å². The van der Waals surface area contributed by atoms with Gasteiger partial charge in [-0.2, -0.15) is 19.9 Å². The number of rotatable bonds is 15. The highest BCUT2D eigenvalue weighted by Gasteiger charge is 2.51. The van der Waals surface area contributed by atoms with Crippen LogP contribution in [0.25, 0.3) is 65.9 Å². The van der Waals surface area contributed by atoms with E-state index in [4.69, 9.17) is 19.4 Å². The molecule has 2 amide bonds. The highest BCUT2D eigenvalue weighted by molar-refractivity contribution is 6.03. The molecule has 6 fully saturated rings. The van der Waals surface area contributed by atoms with Gasteiger partial charge in [-0.25, -0.2) is 26.3 Å². The lowest BCUT2D eigenvalue weighted by molar-refractivity contribution is -0.125. The van der Waals surface area contributed by atoms with Crippen molar-refractivity contribution >= 4 is 66.8 Å². The molecule has 0 spiro atoms. The second-order valence-corrected chi connectivity index (χ2v) is 25.0. The highest BCUT2D eigenvalue weighted by Crippen LogP contribution is 2.44. The van der Waals surface area contributed by atoms with Gasteiger partial charge in [0.25, 0.3) is 6.43 Å². The van der Waals surface area contributed by atoms with E-state index in [0.29, 0.717) is 98.3 Å². The van der Waals surface area contributed by atoms with Gasteiger partial charge in [-0.05, 0) is 87.5 Å². The molecule has 0 N–H and O–H groups in total. The van der Waals surface area contributed by atoms with Gasteiger partial charge >= 0.3 is 12.0 Å². The predicted octanol–water partition coefficient (Wildman–Crippen LogP) is 11.6. The maximum Gasteiger partial charge on any atom is 0.319 e. The topological polar surface area (TPSA) is 149 Å². The van der Waals surface area contributed by atoms with Crippen molar-refractivity contribution in [3.8, 4) is 46.4 Å². The number of amides is 2. The van der Waals surface area contributed by atoms with Crippen molar-refractivity contribution in [1.82, 2.24) is 49.5 Å². The highest BCUT2D eigenvalue weighted by atomic mass is 19.3. The minimum atomic E-state index is -2.77. The Morgan fingerprint density at radius 3 is 1.58 bits per heavy atom. The fourth-order valence-electron chi connectivity index (χ4n) is 15.0. The number of carbonyl (C=O) groups excluding carboxylic acids is 2. The van der Waals surface area contributed by atoms with Crippen molar-refractivity contribution in [2.45, 2.75) is 100 Å². The second kappa shape index (κ2) is 25.3. The van der Waals surface area contributed by atoms with Gasteiger partial charge in [-0.1, -0.05) is 85.8 Å². The van der Waals surface area contributed by atoms with Crippen LogP contribution in [0, 0.1) is 23.5 Å². The Bertz CT molecular complexity index is 4290.